The smallest absolute Gasteiger partial charge is 0.253 e. The Hall–Kier alpha value is -2.80. The molecule has 0 aliphatic carbocycles. The van der Waals surface area contributed by atoms with Gasteiger partial charge in [-0.25, -0.2) is 0 Å². The van der Waals surface area contributed by atoms with Gasteiger partial charge in [0.25, 0.3) is 5.91 Å². The Balaban J connectivity index is 1.93. The Kier molecular flexibility index (Phi) is 5.27. The quantitative estimate of drug-likeness (QED) is 0.648. The van der Waals surface area contributed by atoms with Crippen molar-refractivity contribution in [3.63, 3.8) is 0 Å². The van der Waals surface area contributed by atoms with Crippen LogP contribution in [0, 0.1) is 0 Å². The standard InChI is InChI=1S/C19H20N4O2S/c1-12(2)23-14(8-10-22-23)18-13(5-4-9-21-18)11-26-16-7-3-6-15(24)17(16)19(20)25/h3-10,12,24H,11H2,1-2H3,(H2,20,25). The largest absolute Gasteiger partial charge is 0.507 e. The number of rotatable bonds is 6. The normalized spacial score (nSPS) is 11.0. The molecule has 0 unspecified atom stereocenters. The van der Waals surface area contributed by atoms with E-state index >= 15 is 0 Å². The molecule has 3 N–H and O–H groups in total. The molecular formula is C19H20N4O2S. The predicted octanol–water partition coefficient (Wildman–Crippen LogP) is 3.62. The Morgan fingerprint density at radius 2 is 2.04 bits per heavy atom. The Morgan fingerprint density at radius 1 is 1.23 bits per heavy atom. The Labute approximate surface area is 156 Å². The summed E-state index contributed by atoms with van der Waals surface area (Å²) in [5.41, 5.74) is 8.37. The molecule has 1 amide bonds. The second-order valence-corrected chi connectivity index (χ2v) is 7.09. The van der Waals surface area contributed by atoms with E-state index in [1.807, 2.05) is 22.9 Å². The number of phenols is 1. The summed E-state index contributed by atoms with van der Waals surface area (Å²) in [5.74, 6) is -0.169. The third kappa shape index (κ3) is 3.57. The molecule has 0 aliphatic heterocycles. The second kappa shape index (κ2) is 7.61. The number of pyridine rings is 1. The lowest BCUT2D eigenvalue weighted by Gasteiger charge is -2.14. The summed E-state index contributed by atoms with van der Waals surface area (Å²) in [5, 5.41) is 14.3. The van der Waals surface area contributed by atoms with Crippen LogP contribution in [0.25, 0.3) is 11.4 Å². The summed E-state index contributed by atoms with van der Waals surface area (Å²) in [6.45, 7) is 4.14. The van der Waals surface area contributed by atoms with E-state index in [0.717, 1.165) is 17.0 Å². The molecule has 0 bridgehead atoms. The van der Waals surface area contributed by atoms with Crippen LogP contribution in [0.1, 0.15) is 35.8 Å². The van der Waals surface area contributed by atoms with E-state index in [-0.39, 0.29) is 17.4 Å². The minimum absolute atomic E-state index is 0.105. The number of amides is 1. The van der Waals surface area contributed by atoms with Crippen LogP contribution in [-0.2, 0) is 5.75 Å². The minimum atomic E-state index is -0.644. The summed E-state index contributed by atoms with van der Waals surface area (Å²) in [7, 11) is 0. The zero-order valence-corrected chi connectivity index (χ0v) is 15.4. The van der Waals surface area contributed by atoms with Gasteiger partial charge < -0.3 is 10.8 Å². The SMILES string of the molecule is CC(C)n1nccc1-c1ncccc1CSc1cccc(O)c1C(N)=O. The fourth-order valence-electron chi connectivity index (χ4n) is 2.74. The van der Waals surface area contributed by atoms with E-state index in [9.17, 15) is 9.90 Å². The van der Waals surface area contributed by atoms with Gasteiger partial charge in [-0.2, -0.15) is 5.10 Å². The Morgan fingerprint density at radius 3 is 2.77 bits per heavy atom. The van der Waals surface area contributed by atoms with Crippen molar-refractivity contribution < 1.29 is 9.90 Å². The van der Waals surface area contributed by atoms with Crippen molar-refractivity contribution >= 4 is 17.7 Å². The van der Waals surface area contributed by atoms with Crippen molar-refractivity contribution in [2.45, 2.75) is 30.5 Å². The molecule has 0 atom stereocenters. The number of carbonyl (C=O) groups excluding carboxylic acids is 1. The lowest BCUT2D eigenvalue weighted by Crippen LogP contribution is -2.12. The molecular weight excluding hydrogens is 348 g/mol. The van der Waals surface area contributed by atoms with Crippen LogP contribution < -0.4 is 5.73 Å². The number of primary amides is 1. The van der Waals surface area contributed by atoms with Gasteiger partial charge >= 0.3 is 0 Å². The summed E-state index contributed by atoms with van der Waals surface area (Å²) < 4.78 is 1.93. The molecule has 2 heterocycles. The number of carbonyl (C=O) groups is 1. The van der Waals surface area contributed by atoms with Crippen molar-refractivity contribution in [2.75, 3.05) is 0 Å². The van der Waals surface area contributed by atoms with Crippen LogP contribution in [0.5, 0.6) is 5.75 Å². The third-order valence-electron chi connectivity index (χ3n) is 3.93. The summed E-state index contributed by atoms with van der Waals surface area (Å²) in [6, 6.07) is 11.0. The van der Waals surface area contributed by atoms with Crippen LogP contribution >= 0.6 is 11.8 Å². The number of nitrogens with zero attached hydrogens (tertiary/aromatic N) is 3. The van der Waals surface area contributed by atoms with Gasteiger partial charge in [-0.1, -0.05) is 12.1 Å². The van der Waals surface area contributed by atoms with Crippen molar-refractivity contribution in [3.8, 4) is 17.1 Å². The first kappa shape index (κ1) is 18.0. The van der Waals surface area contributed by atoms with Crippen LogP contribution in [0.2, 0.25) is 0 Å². The van der Waals surface area contributed by atoms with Gasteiger partial charge in [-0.3, -0.25) is 14.5 Å². The summed E-state index contributed by atoms with van der Waals surface area (Å²) in [6.07, 6.45) is 3.52. The van der Waals surface area contributed by atoms with E-state index < -0.39 is 5.91 Å². The molecule has 26 heavy (non-hydrogen) atoms. The van der Waals surface area contributed by atoms with Gasteiger partial charge in [-0.05, 0) is 43.7 Å². The zero-order chi connectivity index (χ0) is 18.7. The molecule has 2 aromatic heterocycles. The highest BCUT2D eigenvalue weighted by atomic mass is 32.2. The predicted molar refractivity (Wildman–Crippen MR) is 102 cm³/mol. The molecule has 3 aromatic rings. The Bertz CT molecular complexity index is 937. The molecule has 7 heteroatoms. The molecule has 0 aliphatic rings. The van der Waals surface area contributed by atoms with Crippen molar-refractivity contribution in [1.29, 1.82) is 0 Å². The van der Waals surface area contributed by atoms with Gasteiger partial charge in [0.1, 0.15) is 5.75 Å². The third-order valence-corrected chi connectivity index (χ3v) is 5.03. The molecule has 6 nitrogen and oxygen atoms in total. The van der Waals surface area contributed by atoms with Gasteiger partial charge in [-0.15, -0.1) is 11.8 Å². The summed E-state index contributed by atoms with van der Waals surface area (Å²) in [4.78, 5) is 16.8. The molecule has 1 aromatic carbocycles. The molecule has 3 rings (SSSR count). The highest BCUT2D eigenvalue weighted by Crippen LogP contribution is 2.33. The molecule has 0 radical (unpaired) electrons. The minimum Gasteiger partial charge on any atom is -0.507 e. The van der Waals surface area contributed by atoms with Crippen molar-refractivity contribution in [2.24, 2.45) is 5.73 Å². The first-order valence-corrected chi connectivity index (χ1v) is 9.20. The number of nitrogens with two attached hydrogens (primary N) is 1. The number of aromatic nitrogens is 3. The first-order valence-electron chi connectivity index (χ1n) is 8.21. The molecule has 0 saturated heterocycles. The zero-order valence-electron chi connectivity index (χ0n) is 14.6. The topological polar surface area (TPSA) is 94.0 Å². The van der Waals surface area contributed by atoms with Crippen LogP contribution in [-0.4, -0.2) is 25.8 Å². The lowest BCUT2D eigenvalue weighted by molar-refractivity contribution is 0.0995. The summed E-state index contributed by atoms with van der Waals surface area (Å²) >= 11 is 1.44. The van der Waals surface area contributed by atoms with E-state index in [0.29, 0.717) is 10.6 Å². The molecule has 134 valence electrons. The van der Waals surface area contributed by atoms with Crippen molar-refractivity contribution in [1.82, 2.24) is 14.8 Å². The number of benzene rings is 1. The van der Waals surface area contributed by atoms with Gasteiger partial charge in [0.2, 0.25) is 0 Å². The highest BCUT2D eigenvalue weighted by Gasteiger charge is 2.16. The number of thioether (sulfide) groups is 1. The second-order valence-electron chi connectivity index (χ2n) is 6.07. The maximum Gasteiger partial charge on any atom is 0.253 e. The van der Waals surface area contributed by atoms with Crippen LogP contribution in [0.4, 0.5) is 0 Å². The van der Waals surface area contributed by atoms with Crippen LogP contribution in [0.15, 0.2) is 53.7 Å². The van der Waals surface area contributed by atoms with E-state index in [2.05, 4.69) is 23.9 Å². The molecule has 0 saturated carbocycles. The van der Waals surface area contributed by atoms with Gasteiger partial charge in [0, 0.05) is 29.1 Å². The number of hydrogen-bond donors (Lipinski definition) is 2. The number of hydrogen-bond acceptors (Lipinski definition) is 5. The molecule has 0 spiro atoms. The monoisotopic (exact) mass is 368 g/mol. The van der Waals surface area contributed by atoms with Crippen molar-refractivity contribution in [3.05, 3.63) is 59.9 Å². The average molecular weight is 368 g/mol. The average Bonchev–Trinajstić information content (AvgIpc) is 3.09. The molecule has 0 fully saturated rings. The first-order chi connectivity index (χ1) is 12.5. The van der Waals surface area contributed by atoms with Crippen LogP contribution in [0.3, 0.4) is 0 Å². The highest BCUT2D eigenvalue weighted by molar-refractivity contribution is 7.98. The van der Waals surface area contributed by atoms with Gasteiger partial charge in [0.15, 0.2) is 0 Å². The van der Waals surface area contributed by atoms with E-state index in [4.69, 9.17) is 5.73 Å². The van der Waals surface area contributed by atoms with E-state index in [1.54, 1.807) is 24.5 Å². The fourth-order valence-corrected chi connectivity index (χ4v) is 3.81. The lowest BCUT2D eigenvalue weighted by atomic mass is 10.1. The fraction of sp³-hybridized carbons (Fsp3) is 0.211. The maximum absolute atomic E-state index is 11.7. The van der Waals surface area contributed by atoms with Gasteiger partial charge in [0.05, 0.1) is 17.0 Å². The number of aromatic hydroxyl groups is 1. The maximum atomic E-state index is 11.7. The van der Waals surface area contributed by atoms with E-state index in [1.165, 1.54) is 17.8 Å².